The molecule has 106 valence electrons. The first kappa shape index (κ1) is 15.3. The van der Waals surface area contributed by atoms with Gasteiger partial charge in [0.1, 0.15) is 0 Å². The molecule has 0 heterocycles. The molecule has 1 rings (SSSR count). The van der Waals surface area contributed by atoms with Crippen LogP contribution in [0.2, 0.25) is 0 Å². The fourth-order valence-electron chi connectivity index (χ4n) is 1.74. The van der Waals surface area contributed by atoms with E-state index in [1.807, 2.05) is 0 Å². The van der Waals surface area contributed by atoms with Crippen LogP contribution in [0.1, 0.15) is 11.1 Å². The minimum absolute atomic E-state index is 0.120. The molecule has 0 fully saturated rings. The molecule has 0 aromatic heterocycles. The molecule has 0 radical (unpaired) electrons. The number of hydrogen-bond acceptors (Lipinski definition) is 3. The molecule has 0 aliphatic carbocycles. The highest BCUT2D eigenvalue weighted by molar-refractivity contribution is 5.79. The van der Waals surface area contributed by atoms with E-state index in [4.69, 9.17) is 5.73 Å². The van der Waals surface area contributed by atoms with Gasteiger partial charge in [0.25, 0.3) is 0 Å². The number of nitrogens with one attached hydrogen (secondary N) is 1. The number of carbonyl (C=O) groups excluding carboxylic acids is 1. The van der Waals surface area contributed by atoms with Gasteiger partial charge in [0, 0.05) is 19.3 Å². The maximum absolute atomic E-state index is 12.9. The number of benzene rings is 1. The summed E-state index contributed by atoms with van der Waals surface area (Å²) in [5.74, 6) is -0.602. The molecule has 0 saturated carbocycles. The predicted molar refractivity (Wildman–Crippen MR) is 66.7 cm³/mol. The number of likely N-dealkylation sites (N-methyl/N-ethyl adjacent to an activating group) is 1. The fraction of sp³-hybridized carbons (Fsp3) is 0.417. The summed E-state index contributed by atoms with van der Waals surface area (Å²) < 4.78 is 38.8. The lowest BCUT2D eigenvalue weighted by Gasteiger charge is -2.20. The van der Waals surface area contributed by atoms with E-state index in [2.05, 4.69) is 5.32 Å². The Labute approximate surface area is 109 Å². The van der Waals surface area contributed by atoms with E-state index < -0.39 is 17.6 Å². The quantitative estimate of drug-likeness (QED) is 0.852. The van der Waals surface area contributed by atoms with E-state index in [9.17, 15) is 18.0 Å². The van der Waals surface area contributed by atoms with Crippen molar-refractivity contribution in [2.45, 2.75) is 12.7 Å². The molecule has 0 aliphatic heterocycles. The number of nitrogens with zero attached hydrogens (tertiary/aromatic N) is 1. The summed E-state index contributed by atoms with van der Waals surface area (Å²) >= 11 is 0. The summed E-state index contributed by atoms with van der Waals surface area (Å²) in [6, 6.07) is 3.95. The number of alkyl halides is 3. The van der Waals surface area contributed by atoms with Crippen molar-refractivity contribution in [3.63, 3.8) is 0 Å². The van der Waals surface area contributed by atoms with Crippen LogP contribution in [0.25, 0.3) is 0 Å². The van der Waals surface area contributed by atoms with Crippen molar-refractivity contribution in [3.05, 3.63) is 29.3 Å². The summed E-state index contributed by atoms with van der Waals surface area (Å²) in [6.07, 6.45) is -4.43. The molecule has 0 spiro atoms. The topological polar surface area (TPSA) is 58.4 Å². The van der Waals surface area contributed by atoms with Crippen LogP contribution in [0.15, 0.2) is 18.2 Å². The highest BCUT2D eigenvalue weighted by Crippen LogP contribution is 2.34. The van der Waals surface area contributed by atoms with E-state index in [0.29, 0.717) is 5.69 Å². The molecule has 0 saturated heterocycles. The van der Waals surface area contributed by atoms with Gasteiger partial charge in [0.2, 0.25) is 5.91 Å². The Morgan fingerprint density at radius 2 is 2.05 bits per heavy atom. The second kappa shape index (κ2) is 5.92. The van der Waals surface area contributed by atoms with Crippen LogP contribution in [0.5, 0.6) is 0 Å². The molecule has 0 atom stereocenters. The minimum Gasteiger partial charge on any atom is -0.368 e. The zero-order valence-corrected chi connectivity index (χ0v) is 10.7. The Balaban J connectivity index is 3.14. The lowest BCUT2D eigenvalue weighted by Crippen LogP contribution is -2.30. The normalized spacial score (nSPS) is 11.4. The van der Waals surface area contributed by atoms with E-state index in [1.165, 1.54) is 24.1 Å². The van der Waals surface area contributed by atoms with Crippen molar-refractivity contribution < 1.29 is 18.0 Å². The summed E-state index contributed by atoms with van der Waals surface area (Å²) in [7, 11) is 3.09. The standard InChI is InChI=1S/C12H16F3N3O/c1-17-6-8-3-4-9(18(2)7-11(16)19)5-10(8)12(13,14)15/h3-5,17H,6-7H2,1-2H3,(H2,16,19). The minimum atomic E-state index is -4.43. The Morgan fingerprint density at radius 1 is 1.42 bits per heavy atom. The highest BCUT2D eigenvalue weighted by atomic mass is 19.4. The third kappa shape index (κ3) is 4.13. The molecule has 0 bridgehead atoms. The van der Waals surface area contributed by atoms with E-state index in [-0.39, 0.29) is 18.7 Å². The molecular weight excluding hydrogens is 259 g/mol. The monoisotopic (exact) mass is 275 g/mol. The van der Waals surface area contributed by atoms with Gasteiger partial charge in [0.15, 0.2) is 0 Å². The van der Waals surface area contributed by atoms with Crippen molar-refractivity contribution >= 4 is 11.6 Å². The summed E-state index contributed by atoms with van der Waals surface area (Å²) in [5.41, 5.74) is 4.76. The summed E-state index contributed by atoms with van der Waals surface area (Å²) in [5, 5.41) is 2.69. The van der Waals surface area contributed by atoms with Gasteiger partial charge in [-0.1, -0.05) is 6.07 Å². The maximum Gasteiger partial charge on any atom is 0.416 e. The Kier molecular flexibility index (Phi) is 4.77. The molecule has 0 unspecified atom stereocenters. The van der Waals surface area contributed by atoms with Crippen LogP contribution in [0.3, 0.4) is 0 Å². The third-order valence-corrected chi connectivity index (χ3v) is 2.60. The largest absolute Gasteiger partial charge is 0.416 e. The van der Waals surface area contributed by atoms with Gasteiger partial charge in [-0.25, -0.2) is 0 Å². The highest BCUT2D eigenvalue weighted by Gasteiger charge is 2.33. The zero-order valence-electron chi connectivity index (χ0n) is 10.7. The van der Waals surface area contributed by atoms with Crippen molar-refractivity contribution in [2.24, 2.45) is 5.73 Å². The third-order valence-electron chi connectivity index (χ3n) is 2.60. The van der Waals surface area contributed by atoms with Gasteiger partial charge in [-0.2, -0.15) is 13.2 Å². The Bertz CT molecular complexity index is 460. The predicted octanol–water partition coefficient (Wildman–Crippen LogP) is 1.35. The van der Waals surface area contributed by atoms with Crippen LogP contribution in [-0.2, 0) is 17.5 Å². The van der Waals surface area contributed by atoms with Crippen molar-refractivity contribution in [1.29, 1.82) is 0 Å². The van der Waals surface area contributed by atoms with Crippen LogP contribution in [0, 0.1) is 0 Å². The lowest BCUT2D eigenvalue weighted by atomic mass is 10.1. The van der Waals surface area contributed by atoms with E-state index >= 15 is 0 Å². The first-order valence-corrected chi connectivity index (χ1v) is 5.60. The molecule has 3 N–H and O–H groups in total. The van der Waals surface area contributed by atoms with Crippen molar-refractivity contribution in [3.8, 4) is 0 Å². The second-order valence-electron chi connectivity index (χ2n) is 4.19. The number of anilines is 1. The van der Waals surface area contributed by atoms with Crippen molar-refractivity contribution in [1.82, 2.24) is 5.32 Å². The molecule has 0 aliphatic rings. The molecule has 19 heavy (non-hydrogen) atoms. The average Bonchev–Trinajstić information content (AvgIpc) is 2.27. The number of hydrogen-bond donors (Lipinski definition) is 2. The van der Waals surface area contributed by atoms with Crippen LogP contribution < -0.4 is 16.0 Å². The lowest BCUT2D eigenvalue weighted by molar-refractivity contribution is -0.138. The zero-order chi connectivity index (χ0) is 14.6. The number of rotatable bonds is 5. The fourth-order valence-corrected chi connectivity index (χ4v) is 1.74. The summed E-state index contributed by atoms with van der Waals surface area (Å²) in [6.45, 7) is -0.0165. The molecular formula is C12H16F3N3O. The Hall–Kier alpha value is -1.76. The molecule has 4 nitrogen and oxygen atoms in total. The number of amides is 1. The smallest absolute Gasteiger partial charge is 0.368 e. The van der Waals surface area contributed by atoms with E-state index in [0.717, 1.165) is 6.07 Å². The van der Waals surface area contributed by atoms with Gasteiger partial charge in [0.05, 0.1) is 12.1 Å². The number of carbonyl (C=O) groups is 1. The van der Waals surface area contributed by atoms with Gasteiger partial charge >= 0.3 is 6.18 Å². The van der Waals surface area contributed by atoms with Gasteiger partial charge in [-0.05, 0) is 24.7 Å². The van der Waals surface area contributed by atoms with Crippen LogP contribution in [0.4, 0.5) is 18.9 Å². The van der Waals surface area contributed by atoms with E-state index in [1.54, 1.807) is 7.05 Å². The molecule has 1 aromatic rings. The van der Waals surface area contributed by atoms with Gasteiger partial charge in [-0.15, -0.1) is 0 Å². The number of halogens is 3. The molecule has 1 amide bonds. The average molecular weight is 275 g/mol. The summed E-state index contributed by atoms with van der Waals surface area (Å²) in [4.78, 5) is 12.2. The first-order valence-electron chi connectivity index (χ1n) is 5.60. The van der Waals surface area contributed by atoms with Crippen molar-refractivity contribution in [2.75, 3.05) is 25.5 Å². The van der Waals surface area contributed by atoms with Crippen LogP contribution >= 0.6 is 0 Å². The Morgan fingerprint density at radius 3 is 2.53 bits per heavy atom. The first-order chi connectivity index (χ1) is 8.75. The maximum atomic E-state index is 12.9. The number of nitrogens with two attached hydrogens (primary N) is 1. The molecule has 7 heteroatoms. The number of primary amides is 1. The van der Waals surface area contributed by atoms with Crippen LogP contribution in [-0.4, -0.2) is 26.5 Å². The molecule has 1 aromatic carbocycles. The van der Waals surface area contributed by atoms with Gasteiger partial charge in [-0.3, -0.25) is 4.79 Å². The van der Waals surface area contributed by atoms with Gasteiger partial charge < -0.3 is 16.0 Å². The second-order valence-corrected chi connectivity index (χ2v) is 4.19. The SMILES string of the molecule is CNCc1ccc(N(C)CC(N)=O)cc1C(F)(F)F.